The summed E-state index contributed by atoms with van der Waals surface area (Å²) in [6.07, 6.45) is -49.7. The average Bonchev–Trinajstić information content (AvgIpc) is 3.23. The largest absolute Gasteiger partial charge is 0.397 e. The molecule has 0 radical (unpaired) electrons. The Morgan fingerprint density at radius 1 is 0.470 bits per heavy atom. The molecule has 1 amide bonds. The molecule has 0 saturated carbocycles. The number of aliphatic hydroxyl groups excluding tert-OH is 13. The first-order chi connectivity index (χ1) is 30.7. The molecule has 0 aliphatic carbocycles. The lowest BCUT2D eigenvalue weighted by molar-refractivity contribution is -0.390. The minimum Gasteiger partial charge on any atom is -0.394 e. The van der Waals surface area contributed by atoms with Gasteiger partial charge in [-0.05, 0) is 6.92 Å². The highest BCUT2D eigenvalue weighted by molar-refractivity contribution is 7.81. The van der Waals surface area contributed by atoms with Gasteiger partial charge in [-0.15, -0.1) is 0 Å². The SMILES string of the molecule is CC(=O)N[C@H]1[C@H](O[C@H]2[C@@H](O)[C@@H](CO)O[C@@H](O[C@H]3[C@H](O)[C@@H](O)C(O)O[C@@H]3CO)[C@@H]2O)O[C@H](CO)[C@@H](O[C@@H]2O[C@H](CO)[C@H](O)[C@H](OS(=O)(=O)O)[C@H]2OS(=O)(=O)O)[C@@H]1O[C@@H]1O[C@@H](C)[C@@H](O)[C@@H](O)[C@@H]1O. The van der Waals surface area contributed by atoms with Gasteiger partial charge in [-0.2, -0.15) is 16.8 Å². The molecule has 0 aromatic rings. The Kier molecular flexibility index (Phi) is 18.9. The number of carbonyl (C=O) groups is 1. The van der Waals surface area contributed by atoms with E-state index in [9.17, 15) is 97.1 Å². The molecule has 386 valence electrons. The monoisotopic (exact) mass is 1010 g/mol. The van der Waals surface area contributed by atoms with Crippen molar-refractivity contribution >= 4 is 26.7 Å². The van der Waals surface area contributed by atoms with E-state index in [2.05, 4.69) is 13.7 Å². The number of aliphatic hydroxyl groups is 13. The maximum atomic E-state index is 12.9. The van der Waals surface area contributed by atoms with Crippen LogP contribution in [0.2, 0.25) is 0 Å². The van der Waals surface area contributed by atoms with Crippen LogP contribution in [0.25, 0.3) is 0 Å². The summed E-state index contributed by atoms with van der Waals surface area (Å²) in [5.74, 6) is -0.989. The van der Waals surface area contributed by atoms with Crippen molar-refractivity contribution in [2.75, 3.05) is 26.4 Å². The lowest BCUT2D eigenvalue weighted by Gasteiger charge is -2.52. The van der Waals surface area contributed by atoms with Gasteiger partial charge in [0, 0.05) is 6.92 Å². The lowest BCUT2D eigenvalue weighted by atomic mass is 9.93. The third kappa shape index (κ3) is 12.6. The molecule has 0 bridgehead atoms. The number of carbonyl (C=O) groups excluding carboxylic acids is 1. The number of rotatable bonds is 17. The zero-order valence-electron chi connectivity index (χ0n) is 34.3. The van der Waals surface area contributed by atoms with Gasteiger partial charge in [0.1, 0.15) is 110 Å². The Balaban J connectivity index is 1.57. The van der Waals surface area contributed by atoms with Crippen LogP contribution in [0.3, 0.4) is 0 Å². The molecule has 34 heteroatoms. The standard InChI is InChI=1S/C32H55NO31S2/c1-7-14(39)17(42)20(45)30(54-7)61-24-13(33-8(2)38)29(62-25-15(40)9(3-34)56-31(21(25)46)59-22-11(5-36)55-28(47)19(44)18(22)43)58-12(6-37)23(24)60-32-27(64-66(51,52)53)26(63-65(48,49)50)16(41)10(4-35)57-32/h7,9-32,34-37,39-47H,3-6H2,1-2H3,(H,33,38)(H,48,49,50)(H,51,52,53)/t7-,9+,10+,11+,12+,13+,14+,15-,16-,17+,18+,19+,20-,21+,22+,23+,24+,25-,26-,27+,28?,29-,30-,31-,32-/m0/s1. The van der Waals surface area contributed by atoms with Crippen molar-refractivity contribution < 1.29 is 148 Å². The average molecular weight is 1010 g/mol. The van der Waals surface area contributed by atoms with Crippen LogP contribution in [-0.4, -0.2) is 278 Å². The van der Waals surface area contributed by atoms with Crippen molar-refractivity contribution in [2.24, 2.45) is 0 Å². The summed E-state index contributed by atoms with van der Waals surface area (Å²) in [6, 6.07) is -1.99. The minimum absolute atomic E-state index is 0.908. The number of amides is 1. The summed E-state index contributed by atoms with van der Waals surface area (Å²) in [4.78, 5) is 12.9. The summed E-state index contributed by atoms with van der Waals surface area (Å²) in [7, 11) is -11.4. The molecule has 66 heavy (non-hydrogen) atoms. The highest BCUT2D eigenvalue weighted by atomic mass is 32.3. The van der Waals surface area contributed by atoms with Gasteiger partial charge in [0.25, 0.3) is 0 Å². The molecular formula is C32H55NO31S2. The van der Waals surface area contributed by atoms with Gasteiger partial charge in [-0.1, -0.05) is 0 Å². The predicted octanol–water partition coefficient (Wildman–Crippen LogP) is -11.1. The number of nitrogens with one attached hydrogen (secondary N) is 1. The Bertz CT molecular complexity index is 1800. The fourth-order valence-electron chi connectivity index (χ4n) is 7.83. The zero-order valence-corrected chi connectivity index (χ0v) is 36.0. The summed E-state index contributed by atoms with van der Waals surface area (Å²) in [5, 5.41) is 139. The third-order valence-corrected chi connectivity index (χ3v) is 12.0. The van der Waals surface area contributed by atoms with Gasteiger partial charge < -0.3 is 114 Å². The second-order valence-electron chi connectivity index (χ2n) is 15.7. The molecule has 5 saturated heterocycles. The maximum absolute atomic E-state index is 12.9. The summed E-state index contributed by atoms with van der Waals surface area (Å²) in [6.45, 7) is -2.35. The van der Waals surface area contributed by atoms with Crippen LogP contribution >= 0.6 is 0 Å². The van der Waals surface area contributed by atoms with E-state index in [4.69, 9.17) is 42.6 Å². The zero-order chi connectivity index (χ0) is 49.3. The van der Waals surface area contributed by atoms with Gasteiger partial charge in [-0.3, -0.25) is 13.9 Å². The molecule has 0 aromatic heterocycles. The van der Waals surface area contributed by atoms with Gasteiger partial charge in [-0.25, -0.2) is 8.37 Å². The van der Waals surface area contributed by atoms with E-state index in [1.54, 1.807) is 0 Å². The maximum Gasteiger partial charge on any atom is 0.397 e. The molecule has 32 nitrogen and oxygen atoms in total. The van der Waals surface area contributed by atoms with Gasteiger partial charge in [0.2, 0.25) is 5.91 Å². The van der Waals surface area contributed by atoms with Crippen molar-refractivity contribution in [3.05, 3.63) is 0 Å². The molecule has 5 rings (SSSR count). The van der Waals surface area contributed by atoms with Crippen LogP contribution in [0.15, 0.2) is 0 Å². The van der Waals surface area contributed by atoms with Crippen molar-refractivity contribution in [1.82, 2.24) is 5.32 Å². The van der Waals surface area contributed by atoms with Gasteiger partial charge in [0.15, 0.2) is 37.6 Å². The molecule has 1 unspecified atom stereocenters. The van der Waals surface area contributed by atoms with Crippen LogP contribution in [0.4, 0.5) is 0 Å². The van der Waals surface area contributed by atoms with E-state index in [-0.39, 0.29) is 0 Å². The van der Waals surface area contributed by atoms with E-state index in [0.717, 1.165) is 6.92 Å². The second-order valence-corrected chi connectivity index (χ2v) is 17.8. The predicted molar refractivity (Wildman–Crippen MR) is 198 cm³/mol. The Labute approximate surface area is 373 Å². The molecule has 16 N–H and O–H groups in total. The number of ether oxygens (including phenoxy) is 9. The molecule has 5 aliphatic rings. The van der Waals surface area contributed by atoms with Crippen LogP contribution < -0.4 is 5.32 Å². The first-order valence-electron chi connectivity index (χ1n) is 19.8. The van der Waals surface area contributed by atoms with E-state index in [1.165, 1.54) is 6.92 Å². The van der Waals surface area contributed by atoms with Crippen LogP contribution in [0.1, 0.15) is 13.8 Å². The first kappa shape index (κ1) is 55.3. The number of hydrogen-bond donors (Lipinski definition) is 16. The Morgan fingerprint density at radius 2 is 0.924 bits per heavy atom. The first-order valence-corrected chi connectivity index (χ1v) is 22.5. The van der Waals surface area contributed by atoms with Crippen molar-refractivity contribution in [1.29, 1.82) is 0 Å². The van der Waals surface area contributed by atoms with Crippen molar-refractivity contribution in [3.8, 4) is 0 Å². The summed E-state index contributed by atoms with van der Waals surface area (Å²) >= 11 is 0. The Morgan fingerprint density at radius 3 is 1.47 bits per heavy atom. The summed E-state index contributed by atoms with van der Waals surface area (Å²) in [5.41, 5.74) is 0. The fraction of sp³-hybridized carbons (Fsp3) is 0.969. The molecule has 25 atom stereocenters. The highest BCUT2D eigenvalue weighted by Crippen LogP contribution is 2.38. The quantitative estimate of drug-likeness (QED) is 0.0602. The van der Waals surface area contributed by atoms with Crippen molar-refractivity contribution in [3.63, 3.8) is 0 Å². The highest BCUT2D eigenvalue weighted by Gasteiger charge is 2.59. The van der Waals surface area contributed by atoms with Crippen molar-refractivity contribution in [2.45, 2.75) is 167 Å². The van der Waals surface area contributed by atoms with Gasteiger partial charge in [0.05, 0.1) is 32.5 Å². The van der Waals surface area contributed by atoms with Crippen LogP contribution in [0.5, 0.6) is 0 Å². The molecule has 5 fully saturated rings. The molecule has 5 aliphatic heterocycles. The van der Waals surface area contributed by atoms with Crippen LogP contribution in [-0.2, 0) is 76.6 Å². The minimum atomic E-state index is -5.74. The molecule has 5 heterocycles. The summed E-state index contributed by atoms with van der Waals surface area (Å²) < 4.78 is 127. The normalized spacial score (nSPS) is 47.3. The Hall–Kier alpha value is -1.67. The molecule has 0 spiro atoms. The van der Waals surface area contributed by atoms with E-state index in [0.29, 0.717) is 0 Å². The third-order valence-electron chi connectivity index (χ3n) is 11.1. The fourth-order valence-corrected chi connectivity index (χ4v) is 8.82. The smallest absolute Gasteiger partial charge is 0.394 e. The lowest BCUT2D eigenvalue weighted by Crippen LogP contribution is -2.71. The van der Waals surface area contributed by atoms with E-state index in [1.807, 2.05) is 0 Å². The van der Waals surface area contributed by atoms with Gasteiger partial charge >= 0.3 is 20.8 Å². The van der Waals surface area contributed by atoms with E-state index >= 15 is 0 Å². The second kappa shape index (κ2) is 22.6. The van der Waals surface area contributed by atoms with E-state index < -0.39 is 207 Å². The molecular weight excluding hydrogens is 958 g/mol. The topological polar surface area (TPSA) is 502 Å². The van der Waals surface area contributed by atoms with Crippen LogP contribution in [0, 0.1) is 0 Å². The number of hydrogen-bond acceptors (Lipinski definition) is 29. The molecule has 0 aromatic carbocycles.